The smallest absolute Gasteiger partial charge is 0.0500 e. The molecule has 0 aromatic heterocycles. The molecule has 0 spiro atoms. The molecular weight excluding hydrogens is 138 g/mol. The summed E-state index contributed by atoms with van der Waals surface area (Å²) >= 11 is 0. The number of hydrogen-bond acceptors (Lipinski definition) is 2. The number of rotatable bonds is 1. The molecule has 0 aromatic carbocycles. The normalized spacial score (nSPS) is 44.7. The van der Waals surface area contributed by atoms with Crippen molar-refractivity contribution >= 4 is 0 Å². The van der Waals surface area contributed by atoms with E-state index in [9.17, 15) is 5.11 Å². The third-order valence-corrected chi connectivity index (χ3v) is 3.50. The van der Waals surface area contributed by atoms with Crippen LogP contribution in [0.5, 0.6) is 0 Å². The van der Waals surface area contributed by atoms with Crippen molar-refractivity contribution in [2.24, 2.45) is 5.41 Å². The molecule has 0 amide bonds. The van der Waals surface area contributed by atoms with Crippen molar-refractivity contribution < 1.29 is 5.11 Å². The largest absolute Gasteiger partial charge is 0.396 e. The van der Waals surface area contributed by atoms with E-state index in [-0.39, 0.29) is 5.41 Å². The van der Waals surface area contributed by atoms with Crippen LogP contribution in [0.1, 0.15) is 26.2 Å². The number of fused-ring (bicyclic) bond motifs is 1. The van der Waals surface area contributed by atoms with E-state index in [1.165, 1.54) is 32.4 Å². The van der Waals surface area contributed by atoms with Gasteiger partial charge in [-0.15, -0.1) is 0 Å². The summed E-state index contributed by atoms with van der Waals surface area (Å²) in [5.41, 5.74) is 0.219. The summed E-state index contributed by atoms with van der Waals surface area (Å²) in [6.07, 6.45) is 3.82. The van der Waals surface area contributed by atoms with Crippen LogP contribution in [0.15, 0.2) is 0 Å². The van der Waals surface area contributed by atoms with Gasteiger partial charge >= 0.3 is 0 Å². The van der Waals surface area contributed by atoms with Gasteiger partial charge in [0.25, 0.3) is 0 Å². The lowest BCUT2D eigenvalue weighted by Crippen LogP contribution is -2.35. The second-order valence-electron chi connectivity index (χ2n) is 4.26. The Hall–Kier alpha value is -0.0800. The Labute approximate surface area is 68.2 Å². The molecule has 0 aromatic rings. The van der Waals surface area contributed by atoms with Gasteiger partial charge in [-0.25, -0.2) is 0 Å². The van der Waals surface area contributed by atoms with Crippen LogP contribution < -0.4 is 0 Å². The van der Waals surface area contributed by atoms with E-state index in [0.29, 0.717) is 12.6 Å². The Morgan fingerprint density at radius 3 is 3.09 bits per heavy atom. The summed E-state index contributed by atoms with van der Waals surface area (Å²) in [7, 11) is 0. The van der Waals surface area contributed by atoms with Crippen LogP contribution in [0, 0.1) is 5.41 Å². The first-order valence-corrected chi connectivity index (χ1v) is 4.61. The quantitative estimate of drug-likeness (QED) is 0.607. The zero-order valence-electron chi connectivity index (χ0n) is 7.21. The first-order chi connectivity index (χ1) is 5.26. The fourth-order valence-electron chi connectivity index (χ4n) is 2.63. The average Bonchev–Trinajstić information content (AvgIpc) is 2.55. The number of nitrogens with zero attached hydrogens (tertiary/aromatic N) is 1. The molecule has 2 atom stereocenters. The highest BCUT2D eigenvalue weighted by Crippen LogP contribution is 2.41. The lowest BCUT2D eigenvalue weighted by Gasteiger charge is -2.28. The number of aliphatic hydroxyl groups is 1. The minimum Gasteiger partial charge on any atom is -0.396 e. The molecule has 1 N–H and O–H groups in total. The Kier molecular flexibility index (Phi) is 1.69. The molecule has 2 heteroatoms. The van der Waals surface area contributed by atoms with Crippen LogP contribution in [0.4, 0.5) is 0 Å². The molecule has 0 bridgehead atoms. The molecule has 0 radical (unpaired) electrons. The van der Waals surface area contributed by atoms with E-state index in [2.05, 4.69) is 11.8 Å². The Morgan fingerprint density at radius 2 is 2.36 bits per heavy atom. The van der Waals surface area contributed by atoms with E-state index in [1.54, 1.807) is 0 Å². The molecule has 2 fully saturated rings. The fraction of sp³-hybridized carbons (Fsp3) is 1.00. The van der Waals surface area contributed by atoms with Crippen LogP contribution in [-0.4, -0.2) is 35.7 Å². The third kappa shape index (κ3) is 1.00. The maximum Gasteiger partial charge on any atom is 0.0500 e. The molecule has 2 rings (SSSR count). The van der Waals surface area contributed by atoms with Crippen LogP contribution in [-0.2, 0) is 0 Å². The number of hydrogen-bond donors (Lipinski definition) is 1. The van der Waals surface area contributed by atoms with E-state index in [4.69, 9.17) is 0 Å². The zero-order valence-corrected chi connectivity index (χ0v) is 7.21. The van der Waals surface area contributed by atoms with Crippen LogP contribution in [0.25, 0.3) is 0 Å². The molecule has 64 valence electrons. The zero-order chi connectivity index (χ0) is 7.90. The van der Waals surface area contributed by atoms with Crippen molar-refractivity contribution in [1.29, 1.82) is 0 Å². The first-order valence-electron chi connectivity index (χ1n) is 4.61. The van der Waals surface area contributed by atoms with Crippen LogP contribution in [0.2, 0.25) is 0 Å². The molecule has 2 aliphatic heterocycles. The van der Waals surface area contributed by atoms with Gasteiger partial charge in [-0.2, -0.15) is 0 Å². The summed E-state index contributed by atoms with van der Waals surface area (Å²) in [5.74, 6) is 0. The number of aliphatic hydroxyl groups excluding tert-OH is 1. The molecule has 11 heavy (non-hydrogen) atoms. The van der Waals surface area contributed by atoms with Crippen molar-refractivity contribution in [3.8, 4) is 0 Å². The van der Waals surface area contributed by atoms with Crippen molar-refractivity contribution in [2.75, 3.05) is 19.7 Å². The van der Waals surface area contributed by atoms with Gasteiger partial charge in [0.05, 0.1) is 0 Å². The summed E-state index contributed by atoms with van der Waals surface area (Å²) in [6.45, 7) is 5.07. The standard InChI is InChI=1S/C9H17NO/c1-9(7-11)4-6-10-5-2-3-8(9)10/h8,11H,2-7H2,1H3/t8-,9+/m0/s1. The Bertz CT molecular complexity index is 160. The first kappa shape index (κ1) is 7.56. The molecule has 0 saturated carbocycles. The monoisotopic (exact) mass is 155 g/mol. The second-order valence-corrected chi connectivity index (χ2v) is 4.26. The molecule has 2 nitrogen and oxygen atoms in total. The average molecular weight is 155 g/mol. The molecule has 0 aliphatic carbocycles. The highest BCUT2D eigenvalue weighted by molar-refractivity contribution is 4.98. The summed E-state index contributed by atoms with van der Waals surface area (Å²) < 4.78 is 0. The highest BCUT2D eigenvalue weighted by atomic mass is 16.3. The Morgan fingerprint density at radius 1 is 1.55 bits per heavy atom. The van der Waals surface area contributed by atoms with Crippen LogP contribution in [0.3, 0.4) is 0 Å². The summed E-state index contributed by atoms with van der Waals surface area (Å²) in [4.78, 5) is 2.54. The van der Waals surface area contributed by atoms with Crippen molar-refractivity contribution in [3.63, 3.8) is 0 Å². The van der Waals surface area contributed by atoms with Gasteiger partial charge in [0, 0.05) is 18.1 Å². The van der Waals surface area contributed by atoms with Gasteiger partial charge in [-0.05, 0) is 32.4 Å². The summed E-state index contributed by atoms with van der Waals surface area (Å²) in [6, 6.07) is 0.687. The van der Waals surface area contributed by atoms with Gasteiger partial charge in [0.2, 0.25) is 0 Å². The maximum atomic E-state index is 9.25. The van der Waals surface area contributed by atoms with Gasteiger partial charge in [-0.1, -0.05) is 6.92 Å². The maximum absolute atomic E-state index is 9.25. The minimum atomic E-state index is 0.219. The van der Waals surface area contributed by atoms with Gasteiger partial charge in [0.1, 0.15) is 0 Å². The fourth-order valence-corrected chi connectivity index (χ4v) is 2.63. The van der Waals surface area contributed by atoms with Crippen molar-refractivity contribution in [2.45, 2.75) is 32.2 Å². The van der Waals surface area contributed by atoms with Crippen molar-refractivity contribution in [3.05, 3.63) is 0 Å². The van der Waals surface area contributed by atoms with Crippen LogP contribution >= 0.6 is 0 Å². The molecule has 0 unspecified atom stereocenters. The lowest BCUT2D eigenvalue weighted by atomic mass is 9.82. The minimum absolute atomic E-state index is 0.219. The van der Waals surface area contributed by atoms with Crippen molar-refractivity contribution in [1.82, 2.24) is 4.90 Å². The van der Waals surface area contributed by atoms with Gasteiger partial charge in [0.15, 0.2) is 0 Å². The predicted molar refractivity (Wildman–Crippen MR) is 44.4 cm³/mol. The van der Waals surface area contributed by atoms with E-state index in [0.717, 1.165) is 0 Å². The predicted octanol–water partition coefficient (Wildman–Crippen LogP) is 0.853. The lowest BCUT2D eigenvalue weighted by molar-refractivity contribution is 0.108. The summed E-state index contributed by atoms with van der Waals surface area (Å²) in [5, 5.41) is 9.25. The Balaban J connectivity index is 2.14. The molecular formula is C9H17NO. The van der Waals surface area contributed by atoms with E-state index < -0.39 is 0 Å². The molecule has 2 aliphatic rings. The topological polar surface area (TPSA) is 23.5 Å². The van der Waals surface area contributed by atoms with E-state index >= 15 is 0 Å². The second kappa shape index (κ2) is 2.46. The highest BCUT2D eigenvalue weighted by Gasteiger charge is 2.45. The molecule has 2 heterocycles. The van der Waals surface area contributed by atoms with Gasteiger partial charge < -0.3 is 5.11 Å². The SMILES string of the molecule is C[C@]1(CO)CCN2CCC[C@H]21. The molecule has 2 saturated heterocycles. The third-order valence-electron chi connectivity index (χ3n) is 3.50. The van der Waals surface area contributed by atoms with E-state index in [1.807, 2.05) is 0 Å². The van der Waals surface area contributed by atoms with Gasteiger partial charge in [-0.3, -0.25) is 4.90 Å².